The molecule has 19 heteroatoms. The number of Topliss-reactive ketones (excluding diaryl/α,β-unsaturated/α-hetero) is 1. The Morgan fingerprint density at radius 2 is 1.68 bits per heavy atom. The molecule has 0 radical (unpaired) electrons. The van der Waals surface area contributed by atoms with Crippen molar-refractivity contribution in [1.29, 1.82) is 0 Å². The highest BCUT2D eigenvalue weighted by Crippen LogP contribution is 2.63. The smallest absolute Gasteiger partial charge is 0.407 e. The lowest BCUT2D eigenvalue weighted by atomic mass is 9.53. The van der Waals surface area contributed by atoms with Gasteiger partial charge >= 0.3 is 6.09 Å². The van der Waals surface area contributed by atoms with Gasteiger partial charge in [0, 0.05) is 63.2 Å². The molecule has 3 heterocycles. The van der Waals surface area contributed by atoms with E-state index in [-0.39, 0.29) is 67.9 Å². The van der Waals surface area contributed by atoms with Crippen LogP contribution in [-0.2, 0) is 39.2 Å². The number of aromatic nitrogens is 3. The normalized spacial score (nSPS) is 28.5. The average molecular weight is 919 g/mol. The first-order valence-corrected chi connectivity index (χ1v) is 23.7. The highest BCUT2D eigenvalue weighted by Gasteiger charge is 2.66. The topological polar surface area (TPSA) is 172 Å². The van der Waals surface area contributed by atoms with Crippen LogP contribution in [0.2, 0.25) is 0 Å². The standard InChI is InChI=1S/C46H62F4N6O9/c1-3-4-11-35(36(57)27-62-42-40(49)33(47)25-34(48)41(42)50)56-26-37(53-54-56)44(2,30-9-5-6-10-30)52-43(60)61-19-15-45(14-13-38(58)51-16-8-18-55-17-7-12-39(55)59)63-46(65-64-45)31-21-28-20-29(23-31)24-32(46)22-28/h25-26,28-32,35H,3-24,27H2,1-2H3,(H,51,58)(H,52,60)/t28?,29?,31?,32?,35?,44-,45+,46?/m0/s1. The third-order valence-electron chi connectivity index (χ3n) is 15.0. The molecule has 5 saturated carbocycles. The van der Waals surface area contributed by atoms with E-state index in [4.69, 9.17) is 24.0 Å². The van der Waals surface area contributed by atoms with E-state index in [1.54, 1.807) is 6.20 Å². The molecule has 2 saturated heterocycles. The van der Waals surface area contributed by atoms with Crippen molar-refractivity contribution in [3.8, 4) is 5.75 Å². The Hall–Kier alpha value is -4.36. The number of halogens is 4. The van der Waals surface area contributed by atoms with Gasteiger partial charge in [-0.1, -0.05) is 37.8 Å². The summed E-state index contributed by atoms with van der Waals surface area (Å²) in [4.78, 5) is 66.8. The van der Waals surface area contributed by atoms with Crippen molar-refractivity contribution in [2.45, 2.75) is 153 Å². The number of alkyl carbamates (subject to hydrolysis) is 1. The third-order valence-corrected chi connectivity index (χ3v) is 15.0. The second kappa shape index (κ2) is 19.9. The first-order chi connectivity index (χ1) is 31.2. The zero-order valence-corrected chi connectivity index (χ0v) is 37.4. The monoisotopic (exact) mass is 918 g/mol. The van der Waals surface area contributed by atoms with Gasteiger partial charge in [0.2, 0.25) is 35.0 Å². The number of carbonyl (C=O) groups is 4. The Kier molecular flexibility index (Phi) is 14.4. The summed E-state index contributed by atoms with van der Waals surface area (Å²) in [6, 6.07) is -0.952. The molecule has 1 aromatic heterocycles. The molecule has 7 fully saturated rings. The van der Waals surface area contributed by atoms with Crippen molar-refractivity contribution >= 4 is 23.7 Å². The van der Waals surface area contributed by atoms with Crippen LogP contribution in [0.4, 0.5) is 22.4 Å². The molecule has 3 amide bonds. The molecule has 358 valence electrons. The molecule has 3 atom stereocenters. The maximum absolute atomic E-state index is 14.3. The SMILES string of the molecule is CCCCC(C(=O)COc1c(F)c(F)cc(F)c1F)n1cc([C@@](C)(NC(=O)OCC[C@@]2(CCC(=O)NCCCN3CCCC3=O)OOC3(O2)C2CC4CC(C2)CC3C4)C2CCCC2)nn1. The minimum Gasteiger partial charge on any atom is -0.479 e. The maximum Gasteiger partial charge on any atom is 0.407 e. The second-order valence-electron chi connectivity index (χ2n) is 19.4. The first kappa shape index (κ1) is 47.1. The minimum atomic E-state index is -1.75. The average Bonchev–Trinajstić information content (AvgIpc) is 4.12. The summed E-state index contributed by atoms with van der Waals surface area (Å²) in [5, 5.41) is 14.7. The number of benzene rings is 1. The highest BCUT2D eigenvalue weighted by molar-refractivity contribution is 5.84. The first-order valence-electron chi connectivity index (χ1n) is 23.7. The zero-order chi connectivity index (χ0) is 45.9. The van der Waals surface area contributed by atoms with E-state index in [2.05, 4.69) is 20.9 Å². The lowest BCUT2D eigenvalue weighted by Crippen LogP contribution is -2.59. The van der Waals surface area contributed by atoms with Crippen LogP contribution in [0.15, 0.2) is 12.3 Å². The van der Waals surface area contributed by atoms with Gasteiger partial charge in [-0.05, 0) is 88.9 Å². The van der Waals surface area contributed by atoms with Gasteiger partial charge in [-0.3, -0.25) is 14.4 Å². The number of likely N-dealkylation sites (tertiary alicyclic amines) is 1. The molecule has 9 rings (SSSR count). The van der Waals surface area contributed by atoms with E-state index in [1.807, 2.05) is 18.7 Å². The molecule has 2 N–H and O–H groups in total. The van der Waals surface area contributed by atoms with Crippen molar-refractivity contribution in [3.05, 3.63) is 41.2 Å². The van der Waals surface area contributed by atoms with E-state index in [0.29, 0.717) is 56.3 Å². The van der Waals surface area contributed by atoms with E-state index in [0.717, 1.165) is 64.3 Å². The lowest BCUT2D eigenvalue weighted by molar-refractivity contribution is -0.389. The van der Waals surface area contributed by atoms with Crippen LogP contribution in [0.5, 0.6) is 5.75 Å². The van der Waals surface area contributed by atoms with Crippen LogP contribution in [0.3, 0.4) is 0 Å². The summed E-state index contributed by atoms with van der Waals surface area (Å²) in [5.41, 5.74) is -0.743. The van der Waals surface area contributed by atoms with E-state index >= 15 is 0 Å². The van der Waals surface area contributed by atoms with Gasteiger partial charge in [-0.2, -0.15) is 18.6 Å². The zero-order valence-electron chi connectivity index (χ0n) is 37.4. The molecule has 15 nitrogen and oxygen atoms in total. The largest absolute Gasteiger partial charge is 0.479 e. The van der Waals surface area contributed by atoms with Crippen LogP contribution in [0.25, 0.3) is 0 Å². The van der Waals surface area contributed by atoms with E-state index in [9.17, 15) is 36.7 Å². The molecule has 5 aliphatic carbocycles. The summed E-state index contributed by atoms with van der Waals surface area (Å²) >= 11 is 0. The fourth-order valence-electron chi connectivity index (χ4n) is 11.6. The number of rotatable bonds is 21. The molecular formula is C46H62F4N6O9. The van der Waals surface area contributed by atoms with Gasteiger partial charge in [0.1, 0.15) is 18.3 Å². The van der Waals surface area contributed by atoms with Crippen LogP contribution < -0.4 is 15.4 Å². The van der Waals surface area contributed by atoms with Gasteiger partial charge in [0.05, 0.1) is 18.3 Å². The lowest BCUT2D eigenvalue weighted by Gasteiger charge is -2.57. The van der Waals surface area contributed by atoms with Crippen molar-refractivity contribution in [2.75, 3.05) is 32.8 Å². The number of hydrogen-bond acceptors (Lipinski definition) is 11. The van der Waals surface area contributed by atoms with Crippen molar-refractivity contribution in [2.24, 2.45) is 29.6 Å². The molecule has 2 aromatic rings. The van der Waals surface area contributed by atoms with Crippen molar-refractivity contribution < 1.29 is 60.7 Å². The van der Waals surface area contributed by atoms with Gasteiger partial charge in [0.15, 0.2) is 23.2 Å². The number of ether oxygens (including phenoxy) is 3. The van der Waals surface area contributed by atoms with E-state index < -0.39 is 70.7 Å². The fraction of sp³-hybridized carbons (Fsp3) is 0.739. The molecule has 1 aromatic carbocycles. The summed E-state index contributed by atoms with van der Waals surface area (Å²) in [6.07, 6.45) is 13.3. The number of nitrogens with one attached hydrogen (secondary N) is 2. The summed E-state index contributed by atoms with van der Waals surface area (Å²) in [6.45, 7) is 4.47. The number of carbonyl (C=O) groups excluding carboxylic acids is 4. The van der Waals surface area contributed by atoms with Gasteiger partial charge in [-0.25, -0.2) is 18.3 Å². The van der Waals surface area contributed by atoms with Gasteiger partial charge < -0.3 is 29.7 Å². The Bertz CT molecular complexity index is 2020. The molecule has 1 unspecified atom stereocenters. The van der Waals surface area contributed by atoms with Gasteiger partial charge in [-0.15, -0.1) is 5.10 Å². The van der Waals surface area contributed by atoms with Crippen LogP contribution in [-0.4, -0.2) is 88.0 Å². The number of hydrogen-bond donors (Lipinski definition) is 2. The number of ketones is 1. The Labute approximate surface area is 376 Å². The number of nitrogens with zero attached hydrogens (tertiary/aromatic N) is 4. The Balaban J connectivity index is 0.921. The number of unbranched alkanes of at least 4 members (excludes halogenated alkanes) is 1. The maximum atomic E-state index is 14.3. The molecule has 2 aliphatic heterocycles. The summed E-state index contributed by atoms with van der Waals surface area (Å²) in [7, 11) is 0. The molecular weight excluding hydrogens is 857 g/mol. The predicted molar refractivity (Wildman–Crippen MR) is 222 cm³/mol. The van der Waals surface area contributed by atoms with Crippen molar-refractivity contribution in [1.82, 2.24) is 30.5 Å². The molecule has 1 spiro atoms. The minimum absolute atomic E-state index is 0.0566. The van der Waals surface area contributed by atoms with Crippen molar-refractivity contribution in [3.63, 3.8) is 0 Å². The summed E-state index contributed by atoms with van der Waals surface area (Å²) in [5.74, 6) is -9.60. The Morgan fingerprint density at radius 1 is 0.969 bits per heavy atom. The highest BCUT2D eigenvalue weighted by atomic mass is 19.2. The Morgan fingerprint density at radius 3 is 2.34 bits per heavy atom. The predicted octanol–water partition coefficient (Wildman–Crippen LogP) is 7.47. The molecule has 7 aliphatic rings. The summed E-state index contributed by atoms with van der Waals surface area (Å²) < 4.78 is 75.5. The van der Waals surface area contributed by atoms with Gasteiger partial charge in [0.25, 0.3) is 0 Å². The van der Waals surface area contributed by atoms with Crippen LogP contribution in [0, 0.1) is 52.9 Å². The quantitative estimate of drug-likeness (QED) is 0.0551. The molecule has 4 bridgehead atoms. The van der Waals surface area contributed by atoms with Crippen LogP contribution in [0.1, 0.15) is 141 Å². The second-order valence-corrected chi connectivity index (χ2v) is 19.4. The van der Waals surface area contributed by atoms with E-state index in [1.165, 1.54) is 11.1 Å². The van der Waals surface area contributed by atoms with Crippen LogP contribution >= 0.6 is 0 Å². The molecule has 65 heavy (non-hydrogen) atoms. The fourth-order valence-corrected chi connectivity index (χ4v) is 11.6. The third kappa shape index (κ3) is 10.0. The number of amides is 3.